The van der Waals surface area contributed by atoms with Gasteiger partial charge in [0.25, 0.3) is 0 Å². The number of nitrogens with zero attached hydrogens (tertiary/aromatic N) is 1. The summed E-state index contributed by atoms with van der Waals surface area (Å²) in [5.41, 5.74) is 0.246. The van der Waals surface area contributed by atoms with Gasteiger partial charge in [0, 0.05) is 32.7 Å². The molecule has 0 fully saturated rings. The summed E-state index contributed by atoms with van der Waals surface area (Å²) in [4.78, 5) is 22.1. The topological polar surface area (TPSA) is 48.3 Å². The molecule has 0 saturated heterocycles. The number of carbonyl (C=O) groups is 1. The average Bonchev–Trinajstić information content (AvgIpc) is 2.11. The van der Waals surface area contributed by atoms with Crippen molar-refractivity contribution in [3.63, 3.8) is 0 Å². The van der Waals surface area contributed by atoms with E-state index in [-0.39, 0.29) is 52.2 Å². The van der Waals surface area contributed by atoms with E-state index < -0.39 is 5.97 Å². The maximum absolute atomic E-state index is 11.2. The number of carbonyl (C=O) groups excluding carboxylic acids is 1. The van der Waals surface area contributed by atoms with Crippen LogP contribution in [0.25, 0.3) is 0 Å². The zero-order valence-electron chi connectivity index (χ0n) is 8.90. The molecule has 5 heteroatoms. The second-order valence-corrected chi connectivity index (χ2v) is 2.52. The summed E-state index contributed by atoms with van der Waals surface area (Å²) in [6, 6.07) is 4.63. The van der Waals surface area contributed by atoms with Gasteiger partial charge in [-0.25, -0.2) is 6.92 Å². The first-order valence-electron chi connectivity index (χ1n) is 3.74. The summed E-state index contributed by atoms with van der Waals surface area (Å²) in [7, 11) is 1.28. The van der Waals surface area contributed by atoms with Crippen LogP contribution in [0.5, 0.6) is 0 Å². The van der Waals surface area contributed by atoms with Crippen molar-refractivity contribution >= 4 is 5.97 Å². The van der Waals surface area contributed by atoms with E-state index in [4.69, 9.17) is 0 Å². The first-order chi connectivity index (χ1) is 6.15. The van der Waals surface area contributed by atoms with Crippen molar-refractivity contribution in [2.24, 2.45) is 0 Å². The van der Waals surface area contributed by atoms with Gasteiger partial charge in [-0.15, -0.1) is 11.8 Å². The monoisotopic (exact) mass is 284 g/mol. The molecule has 1 aromatic rings. The standard InChI is InChI=1S/C9H10NO3.CH3.Y/c1-7-4-3-5-8(11)10(7)6-9(12)13-2;;/h3-5H,1,6H2,2H3;1H3;/q2*-1;. The summed E-state index contributed by atoms with van der Waals surface area (Å²) in [5, 5.41) is 0. The predicted octanol–water partition coefficient (Wildman–Crippen LogP) is 0.651. The van der Waals surface area contributed by atoms with Gasteiger partial charge in [-0.2, -0.15) is 6.07 Å². The molecule has 0 amide bonds. The summed E-state index contributed by atoms with van der Waals surface area (Å²) in [6.07, 6.45) is 0. The molecule has 0 atom stereocenters. The van der Waals surface area contributed by atoms with Crippen LogP contribution in [0.3, 0.4) is 0 Å². The molecule has 15 heavy (non-hydrogen) atoms. The van der Waals surface area contributed by atoms with Crippen LogP contribution in [0.15, 0.2) is 23.0 Å². The van der Waals surface area contributed by atoms with Gasteiger partial charge in [-0.1, -0.05) is 0 Å². The third kappa shape index (κ3) is 4.62. The minimum absolute atomic E-state index is 0. The zero-order chi connectivity index (χ0) is 9.84. The van der Waals surface area contributed by atoms with Gasteiger partial charge in [0.1, 0.15) is 6.54 Å². The Hall–Kier alpha value is -0.606. The van der Waals surface area contributed by atoms with Crippen molar-refractivity contribution in [1.82, 2.24) is 4.57 Å². The van der Waals surface area contributed by atoms with Crippen molar-refractivity contribution < 1.29 is 42.2 Å². The van der Waals surface area contributed by atoms with Crippen LogP contribution in [0, 0.1) is 14.4 Å². The van der Waals surface area contributed by atoms with E-state index in [1.165, 1.54) is 17.7 Å². The van der Waals surface area contributed by atoms with E-state index >= 15 is 0 Å². The van der Waals surface area contributed by atoms with Crippen molar-refractivity contribution in [2.75, 3.05) is 7.11 Å². The Kier molecular flexibility index (Phi) is 8.58. The summed E-state index contributed by atoms with van der Waals surface area (Å²) >= 11 is 0. The van der Waals surface area contributed by atoms with Gasteiger partial charge in [0.2, 0.25) is 5.56 Å². The van der Waals surface area contributed by atoms with Crippen LogP contribution in [0.4, 0.5) is 0 Å². The Morgan fingerprint density at radius 2 is 2.13 bits per heavy atom. The van der Waals surface area contributed by atoms with Gasteiger partial charge >= 0.3 is 5.97 Å². The number of pyridine rings is 1. The SMILES string of the molecule is [CH2-]c1cccc(=O)n1CC(=O)OC.[CH3-].[Y]. The summed E-state index contributed by atoms with van der Waals surface area (Å²) < 4.78 is 5.69. The fourth-order valence-corrected chi connectivity index (χ4v) is 0.936. The first kappa shape index (κ1) is 16.8. The largest absolute Gasteiger partial charge is 0.468 e. The molecule has 1 radical (unpaired) electrons. The Labute approximate surface area is 115 Å². The molecule has 1 rings (SSSR count). The first-order valence-corrected chi connectivity index (χ1v) is 3.74. The number of hydrogen-bond acceptors (Lipinski definition) is 3. The minimum atomic E-state index is -0.460. The van der Waals surface area contributed by atoms with Gasteiger partial charge in [0.15, 0.2) is 0 Å². The number of methoxy groups -OCH3 is 1. The molecule has 0 N–H and O–H groups in total. The number of hydrogen-bond donors (Lipinski definition) is 0. The van der Waals surface area contributed by atoms with Gasteiger partial charge in [-0.3, -0.25) is 9.59 Å². The number of rotatable bonds is 2. The van der Waals surface area contributed by atoms with E-state index in [2.05, 4.69) is 11.7 Å². The quantitative estimate of drug-likeness (QED) is 0.592. The molecule has 0 aliphatic carbocycles. The van der Waals surface area contributed by atoms with Crippen LogP contribution in [0.1, 0.15) is 5.69 Å². The third-order valence-electron chi connectivity index (χ3n) is 1.66. The second kappa shape index (κ2) is 7.66. The molecule has 0 aliphatic rings. The third-order valence-corrected chi connectivity index (χ3v) is 1.66. The van der Waals surface area contributed by atoms with Crippen LogP contribution in [-0.2, 0) is 48.8 Å². The van der Waals surface area contributed by atoms with Gasteiger partial charge in [0.05, 0.1) is 7.11 Å². The van der Waals surface area contributed by atoms with E-state index in [1.807, 2.05) is 0 Å². The Morgan fingerprint density at radius 1 is 1.53 bits per heavy atom. The Morgan fingerprint density at radius 3 is 2.60 bits per heavy atom. The van der Waals surface area contributed by atoms with Crippen LogP contribution in [0.2, 0.25) is 0 Å². The molecule has 0 aromatic carbocycles. The Balaban J connectivity index is 0. The second-order valence-electron chi connectivity index (χ2n) is 2.52. The predicted molar refractivity (Wildman–Crippen MR) is 53.6 cm³/mol. The molecule has 0 bridgehead atoms. The van der Waals surface area contributed by atoms with Crippen molar-refractivity contribution in [2.45, 2.75) is 6.54 Å². The normalized spacial score (nSPS) is 8.33. The molecule has 4 nitrogen and oxygen atoms in total. The summed E-state index contributed by atoms with van der Waals surface area (Å²) in [5.74, 6) is -0.460. The summed E-state index contributed by atoms with van der Waals surface area (Å²) in [6.45, 7) is 3.54. The van der Waals surface area contributed by atoms with Crippen LogP contribution in [-0.4, -0.2) is 17.6 Å². The molecule has 1 heterocycles. The van der Waals surface area contributed by atoms with E-state index in [9.17, 15) is 9.59 Å². The van der Waals surface area contributed by atoms with Crippen LogP contribution >= 0.6 is 0 Å². The van der Waals surface area contributed by atoms with Crippen molar-refractivity contribution in [1.29, 1.82) is 0 Å². The maximum Gasteiger partial charge on any atom is 0.325 e. The fraction of sp³-hybridized carbons (Fsp3) is 0.200. The molecular weight excluding hydrogens is 271 g/mol. The molecular formula is C10H13NO3Y-2. The molecule has 0 spiro atoms. The fourth-order valence-electron chi connectivity index (χ4n) is 0.936. The van der Waals surface area contributed by atoms with E-state index in [1.54, 1.807) is 12.1 Å². The molecule has 81 valence electrons. The van der Waals surface area contributed by atoms with Gasteiger partial charge in [-0.05, 0) is 6.07 Å². The molecule has 1 aromatic heterocycles. The zero-order valence-corrected chi connectivity index (χ0v) is 11.7. The van der Waals surface area contributed by atoms with E-state index in [0.717, 1.165) is 0 Å². The molecule has 0 unspecified atom stereocenters. The average molecular weight is 284 g/mol. The van der Waals surface area contributed by atoms with Crippen molar-refractivity contribution in [3.05, 3.63) is 48.6 Å². The number of esters is 1. The smallest absolute Gasteiger partial charge is 0.325 e. The van der Waals surface area contributed by atoms with E-state index in [0.29, 0.717) is 5.69 Å². The minimum Gasteiger partial charge on any atom is -0.468 e. The van der Waals surface area contributed by atoms with Gasteiger partial charge < -0.3 is 16.7 Å². The Bertz CT molecular complexity index is 373. The molecule has 0 aliphatic heterocycles. The van der Waals surface area contributed by atoms with Crippen molar-refractivity contribution in [3.8, 4) is 0 Å². The number of ether oxygens (including phenoxy) is 1. The number of aromatic nitrogens is 1. The maximum atomic E-state index is 11.2. The van der Waals surface area contributed by atoms with Crippen LogP contribution < -0.4 is 5.56 Å². The molecule has 0 saturated carbocycles.